The number of fused-ring (bicyclic) bond motifs is 3. The summed E-state index contributed by atoms with van der Waals surface area (Å²) in [5, 5.41) is 0. The lowest BCUT2D eigenvalue weighted by molar-refractivity contribution is -0.696. The molecular weight excluding hydrogens is 326 g/mol. The zero-order chi connectivity index (χ0) is 19.4. The molecule has 0 N–H and O–H groups in total. The molecule has 27 heavy (non-hydrogen) atoms. The highest BCUT2D eigenvalue weighted by Crippen LogP contribution is 2.45. The van der Waals surface area contributed by atoms with Crippen LogP contribution < -0.4 is 4.57 Å². The van der Waals surface area contributed by atoms with Crippen molar-refractivity contribution in [2.45, 2.75) is 84.6 Å². The van der Waals surface area contributed by atoms with Gasteiger partial charge in [-0.3, -0.25) is 0 Å². The SMILES string of the molecule is C=C(CCC)C1(CC)C[n+]2ccc(CCCCC)c(C)c2-c2ccccc21. The van der Waals surface area contributed by atoms with E-state index < -0.39 is 0 Å². The molecule has 2 heterocycles. The molecule has 1 aromatic heterocycles. The summed E-state index contributed by atoms with van der Waals surface area (Å²) in [7, 11) is 0. The molecule has 0 amide bonds. The van der Waals surface area contributed by atoms with Crippen molar-refractivity contribution in [1.82, 2.24) is 0 Å². The van der Waals surface area contributed by atoms with E-state index in [1.165, 1.54) is 59.2 Å². The van der Waals surface area contributed by atoms with Crippen molar-refractivity contribution in [3.63, 3.8) is 0 Å². The molecule has 0 saturated heterocycles. The number of rotatable bonds is 8. The Morgan fingerprint density at radius 3 is 2.56 bits per heavy atom. The maximum atomic E-state index is 4.56. The van der Waals surface area contributed by atoms with Crippen molar-refractivity contribution in [3.05, 3.63) is 65.4 Å². The largest absolute Gasteiger partial charge is 0.216 e. The van der Waals surface area contributed by atoms with Crippen molar-refractivity contribution in [1.29, 1.82) is 0 Å². The Morgan fingerprint density at radius 1 is 1.07 bits per heavy atom. The predicted octanol–water partition coefficient (Wildman–Crippen LogP) is 6.70. The monoisotopic (exact) mass is 362 g/mol. The lowest BCUT2D eigenvalue weighted by Gasteiger charge is -2.38. The van der Waals surface area contributed by atoms with Crippen LogP contribution in [0.4, 0.5) is 0 Å². The molecule has 1 aliphatic rings. The first kappa shape index (κ1) is 19.9. The summed E-state index contributed by atoms with van der Waals surface area (Å²) in [4.78, 5) is 0. The minimum Gasteiger partial charge on any atom is -0.197 e. The molecule has 144 valence electrons. The van der Waals surface area contributed by atoms with Gasteiger partial charge in [-0.15, -0.1) is 0 Å². The van der Waals surface area contributed by atoms with Crippen molar-refractivity contribution in [2.24, 2.45) is 0 Å². The van der Waals surface area contributed by atoms with Crippen LogP contribution in [0.2, 0.25) is 0 Å². The summed E-state index contributed by atoms with van der Waals surface area (Å²) in [5.41, 5.74) is 8.75. The number of aromatic nitrogens is 1. The van der Waals surface area contributed by atoms with Crippen LogP contribution in [0.25, 0.3) is 11.3 Å². The smallest absolute Gasteiger partial charge is 0.197 e. The quantitative estimate of drug-likeness (QED) is 0.279. The van der Waals surface area contributed by atoms with Crippen molar-refractivity contribution >= 4 is 0 Å². The number of allylic oxidation sites excluding steroid dienone is 1. The van der Waals surface area contributed by atoms with E-state index in [9.17, 15) is 0 Å². The van der Waals surface area contributed by atoms with Crippen LogP contribution in [0.15, 0.2) is 48.7 Å². The number of nitrogens with zero attached hydrogens (tertiary/aromatic N) is 1. The average Bonchev–Trinajstić information content (AvgIpc) is 2.69. The van der Waals surface area contributed by atoms with E-state index in [0.29, 0.717) is 0 Å². The summed E-state index contributed by atoms with van der Waals surface area (Å²) in [6, 6.07) is 11.4. The second-order valence-electron chi connectivity index (χ2n) is 8.23. The topological polar surface area (TPSA) is 3.88 Å². The average molecular weight is 363 g/mol. The lowest BCUT2D eigenvalue weighted by Crippen LogP contribution is -2.52. The van der Waals surface area contributed by atoms with Gasteiger partial charge in [0.25, 0.3) is 0 Å². The number of hydrogen-bond acceptors (Lipinski definition) is 0. The molecule has 0 aliphatic carbocycles. The normalized spacial score (nSPS) is 18.1. The fourth-order valence-corrected chi connectivity index (χ4v) is 4.95. The first-order valence-corrected chi connectivity index (χ1v) is 10.9. The molecule has 1 heteroatoms. The van der Waals surface area contributed by atoms with Gasteiger partial charge in [-0.1, -0.05) is 70.4 Å². The summed E-state index contributed by atoms with van der Waals surface area (Å²) in [6.07, 6.45) is 10.8. The number of hydrogen-bond donors (Lipinski definition) is 0. The van der Waals surface area contributed by atoms with Crippen LogP contribution in [0.3, 0.4) is 0 Å². The van der Waals surface area contributed by atoms with Crippen molar-refractivity contribution < 1.29 is 4.57 Å². The second kappa shape index (κ2) is 8.42. The molecule has 0 bridgehead atoms. The number of unbranched alkanes of at least 4 members (excludes halogenated alkanes) is 2. The molecule has 0 radical (unpaired) electrons. The minimum absolute atomic E-state index is 0.0560. The van der Waals surface area contributed by atoms with E-state index in [4.69, 9.17) is 0 Å². The molecule has 3 rings (SSSR count). The Morgan fingerprint density at radius 2 is 1.85 bits per heavy atom. The summed E-state index contributed by atoms with van der Waals surface area (Å²) in [5.74, 6) is 0. The maximum Gasteiger partial charge on any atom is 0.216 e. The highest BCUT2D eigenvalue weighted by molar-refractivity contribution is 5.69. The van der Waals surface area contributed by atoms with Gasteiger partial charge in [0.2, 0.25) is 5.69 Å². The molecule has 1 unspecified atom stereocenters. The highest BCUT2D eigenvalue weighted by Gasteiger charge is 2.44. The first-order chi connectivity index (χ1) is 13.1. The van der Waals surface area contributed by atoms with Gasteiger partial charge in [0, 0.05) is 11.6 Å². The van der Waals surface area contributed by atoms with Crippen LogP contribution >= 0.6 is 0 Å². The van der Waals surface area contributed by atoms with E-state index in [-0.39, 0.29) is 5.41 Å². The standard InChI is InChI=1S/C26H36N/c1-6-9-10-14-22-17-18-27-19-26(8-3,20(4)13-7-2)24-16-12-11-15-23(24)25(27)21(22)5/h11-12,15-18H,4,6-10,13-14,19H2,1-3,5H3/q+1. The Hall–Kier alpha value is -1.89. The Kier molecular flexibility index (Phi) is 6.19. The Balaban J connectivity index is 2.12. The van der Waals surface area contributed by atoms with Gasteiger partial charge < -0.3 is 0 Å². The van der Waals surface area contributed by atoms with Gasteiger partial charge >= 0.3 is 0 Å². The predicted molar refractivity (Wildman–Crippen MR) is 116 cm³/mol. The lowest BCUT2D eigenvalue weighted by atomic mass is 9.67. The van der Waals surface area contributed by atoms with Gasteiger partial charge in [-0.2, -0.15) is 4.57 Å². The zero-order valence-corrected chi connectivity index (χ0v) is 17.8. The number of pyridine rings is 1. The van der Waals surface area contributed by atoms with Crippen molar-refractivity contribution in [2.75, 3.05) is 0 Å². The molecule has 0 spiro atoms. The molecule has 1 aliphatic heterocycles. The minimum atomic E-state index is 0.0560. The second-order valence-corrected chi connectivity index (χ2v) is 8.23. The fourth-order valence-electron chi connectivity index (χ4n) is 4.95. The van der Waals surface area contributed by atoms with Gasteiger partial charge in [-0.05, 0) is 49.8 Å². The van der Waals surface area contributed by atoms with E-state index in [2.05, 4.69) is 75.4 Å². The molecule has 1 atom stereocenters. The Bertz CT molecular complexity index is 817. The third kappa shape index (κ3) is 3.49. The van der Waals surface area contributed by atoms with E-state index in [1.54, 1.807) is 0 Å². The highest BCUT2D eigenvalue weighted by atomic mass is 15.0. The van der Waals surface area contributed by atoms with Crippen LogP contribution in [0.1, 0.15) is 76.0 Å². The van der Waals surface area contributed by atoms with Gasteiger partial charge in [0.1, 0.15) is 0 Å². The maximum absolute atomic E-state index is 4.56. The molecule has 1 aromatic carbocycles. The Labute approximate surface area is 166 Å². The van der Waals surface area contributed by atoms with Crippen LogP contribution in [0, 0.1) is 6.92 Å². The summed E-state index contributed by atoms with van der Waals surface area (Å²) in [6.45, 7) is 14.8. The first-order valence-electron chi connectivity index (χ1n) is 10.9. The van der Waals surface area contributed by atoms with Crippen LogP contribution in [0.5, 0.6) is 0 Å². The number of benzene rings is 1. The number of aryl methyl sites for hydroxylation is 1. The molecular formula is C26H36N+. The fraction of sp³-hybridized carbons (Fsp3) is 0.500. The van der Waals surface area contributed by atoms with Crippen molar-refractivity contribution in [3.8, 4) is 11.3 Å². The summed E-state index contributed by atoms with van der Waals surface area (Å²) < 4.78 is 2.51. The van der Waals surface area contributed by atoms with E-state index >= 15 is 0 Å². The van der Waals surface area contributed by atoms with Crippen LogP contribution in [-0.2, 0) is 18.4 Å². The van der Waals surface area contributed by atoms with E-state index in [1.807, 2.05) is 0 Å². The third-order valence-corrected chi connectivity index (χ3v) is 6.60. The van der Waals surface area contributed by atoms with Gasteiger partial charge in [-0.25, -0.2) is 0 Å². The van der Waals surface area contributed by atoms with E-state index in [0.717, 1.165) is 25.8 Å². The third-order valence-electron chi connectivity index (χ3n) is 6.60. The van der Waals surface area contributed by atoms with Gasteiger partial charge in [0.05, 0.1) is 11.0 Å². The van der Waals surface area contributed by atoms with Crippen LogP contribution in [-0.4, -0.2) is 0 Å². The molecule has 0 saturated carbocycles. The molecule has 0 fully saturated rings. The molecule has 1 nitrogen and oxygen atoms in total. The van der Waals surface area contributed by atoms with Gasteiger partial charge in [0.15, 0.2) is 12.7 Å². The zero-order valence-electron chi connectivity index (χ0n) is 17.8. The molecule has 2 aromatic rings. The summed E-state index contributed by atoms with van der Waals surface area (Å²) >= 11 is 0.